The quantitative estimate of drug-likeness (QED) is 0.547. The first-order valence-electron chi connectivity index (χ1n) is 9.30. The Hall–Kier alpha value is -1.40. The normalized spacial score (nSPS) is 25.1. The molecule has 6 heteroatoms. The molecular formula is C20H30O5S. The van der Waals surface area contributed by atoms with Crippen LogP contribution in [-0.2, 0) is 23.8 Å². The smallest absolute Gasteiger partial charge is 0.336 e. The molecule has 2 unspecified atom stereocenters. The molecule has 1 aliphatic rings. The second-order valence-corrected chi connectivity index (χ2v) is 9.38. The minimum Gasteiger partial charge on any atom is -0.460 e. The lowest BCUT2D eigenvalue weighted by Crippen LogP contribution is -2.38. The summed E-state index contributed by atoms with van der Waals surface area (Å²) in [5, 5.41) is 0. The molecule has 0 bridgehead atoms. The van der Waals surface area contributed by atoms with Crippen molar-refractivity contribution in [2.75, 3.05) is 0 Å². The van der Waals surface area contributed by atoms with E-state index in [1.165, 1.54) is 19.1 Å². The van der Waals surface area contributed by atoms with E-state index >= 15 is 0 Å². The van der Waals surface area contributed by atoms with Crippen LogP contribution in [0, 0.1) is 24.7 Å². The molecule has 1 aromatic rings. The lowest BCUT2D eigenvalue weighted by molar-refractivity contribution is -0.163. The molecule has 0 heterocycles. The van der Waals surface area contributed by atoms with Crippen LogP contribution >= 0.6 is 0 Å². The average Bonchev–Trinajstić information content (AvgIpc) is 2.54. The molecule has 5 nitrogen and oxygen atoms in total. The van der Waals surface area contributed by atoms with E-state index in [0.717, 1.165) is 24.8 Å². The second kappa shape index (κ2) is 8.53. The lowest BCUT2D eigenvalue weighted by atomic mass is 9.75. The molecule has 146 valence electrons. The number of benzene rings is 1. The number of esters is 1. The molecular weight excluding hydrogens is 352 g/mol. The highest BCUT2D eigenvalue weighted by atomic mass is 32.2. The van der Waals surface area contributed by atoms with Gasteiger partial charge in [-0.15, -0.1) is 0 Å². The zero-order valence-corrected chi connectivity index (χ0v) is 17.1. The Morgan fingerprint density at radius 3 is 2.31 bits per heavy atom. The van der Waals surface area contributed by atoms with Gasteiger partial charge in [-0.05, 0) is 56.6 Å². The van der Waals surface area contributed by atoms with Gasteiger partial charge in [0.15, 0.2) is 6.10 Å². The van der Waals surface area contributed by atoms with Crippen molar-refractivity contribution < 1.29 is 22.1 Å². The van der Waals surface area contributed by atoms with Gasteiger partial charge in [-0.25, -0.2) is 4.79 Å². The van der Waals surface area contributed by atoms with Crippen LogP contribution in [0.25, 0.3) is 0 Å². The topological polar surface area (TPSA) is 69.7 Å². The number of hydrogen-bond acceptors (Lipinski definition) is 5. The molecule has 0 aromatic heterocycles. The highest BCUT2D eigenvalue weighted by Crippen LogP contribution is 2.35. The Morgan fingerprint density at radius 2 is 1.73 bits per heavy atom. The summed E-state index contributed by atoms with van der Waals surface area (Å²) < 4.78 is 35.4. The van der Waals surface area contributed by atoms with Gasteiger partial charge in [-0.2, -0.15) is 8.42 Å². The van der Waals surface area contributed by atoms with Crippen LogP contribution in [0.1, 0.15) is 52.5 Å². The average molecular weight is 383 g/mol. The van der Waals surface area contributed by atoms with E-state index in [4.69, 9.17) is 8.92 Å². The molecule has 4 atom stereocenters. The van der Waals surface area contributed by atoms with Gasteiger partial charge in [-0.1, -0.05) is 44.9 Å². The first kappa shape index (κ1) is 20.9. The van der Waals surface area contributed by atoms with Crippen molar-refractivity contribution in [1.82, 2.24) is 0 Å². The highest BCUT2D eigenvalue weighted by molar-refractivity contribution is 7.86. The van der Waals surface area contributed by atoms with Crippen molar-refractivity contribution in [3.63, 3.8) is 0 Å². The third kappa shape index (κ3) is 5.30. The van der Waals surface area contributed by atoms with Crippen LogP contribution in [0.15, 0.2) is 29.2 Å². The number of carbonyl (C=O) groups excluding carboxylic acids is 1. The monoisotopic (exact) mass is 382 g/mol. The molecule has 0 N–H and O–H groups in total. The molecule has 0 spiro atoms. The van der Waals surface area contributed by atoms with Crippen molar-refractivity contribution in [1.29, 1.82) is 0 Å². The minimum absolute atomic E-state index is 0.0362. The van der Waals surface area contributed by atoms with Crippen molar-refractivity contribution in [2.45, 2.75) is 71.0 Å². The molecule has 26 heavy (non-hydrogen) atoms. The maximum Gasteiger partial charge on any atom is 0.336 e. The Kier molecular flexibility index (Phi) is 6.86. The van der Waals surface area contributed by atoms with Gasteiger partial charge < -0.3 is 4.74 Å². The molecule has 1 fully saturated rings. The number of hydrogen-bond donors (Lipinski definition) is 0. The molecule has 0 radical (unpaired) electrons. The van der Waals surface area contributed by atoms with E-state index in [1.54, 1.807) is 12.1 Å². The van der Waals surface area contributed by atoms with Crippen LogP contribution in [0.4, 0.5) is 0 Å². The van der Waals surface area contributed by atoms with E-state index in [9.17, 15) is 13.2 Å². The van der Waals surface area contributed by atoms with Crippen LogP contribution in [0.2, 0.25) is 0 Å². The van der Waals surface area contributed by atoms with E-state index < -0.39 is 22.2 Å². The van der Waals surface area contributed by atoms with E-state index in [1.807, 2.05) is 6.92 Å². The van der Waals surface area contributed by atoms with E-state index in [-0.39, 0.29) is 11.0 Å². The summed E-state index contributed by atoms with van der Waals surface area (Å²) in [6, 6.07) is 6.33. The van der Waals surface area contributed by atoms with Crippen molar-refractivity contribution in [3.05, 3.63) is 29.8 Å². The minimum atomic E-state index is -4.00. The maximum absolute atomic E-state index is 12.4. The Labute approximate surface area is 157 Å². The van der Waals surface area contributed by atoms with Gasteiger partial charge >= 0.3 is 5.97 Å². The molecule has 2 rings (SSSR count). The van der Waals surface area contributed by atoms with E-state index in [2.05, 4.69) is 20.8 Å². The number of ether oxygens (including phenoxy) is 1. The third-order valence-electron chi connectivity index (χ3n) is 5.14. The zero-order chi connectivity index (χ0) is 19.5. The molecule has 0 saturated heterocycles. The fourth-order valence-corrected chi connectivity index (χ4v) is 4.52. The van der Waals surface area contributed by atoms with E-state index in [0.29, 0.717) is 17.8 Å². The Bertz CT molecular complexity index is 708. The standard InChI is InChI=1S/C20H30O5S/c1-13(2)18-11-8-15(4)12-19(18)24-20(21)16(5)25-26(22,23)17-9-6-14(3)7-10-17/h6-7,9-10,13,15-16,18-19H,8,11-12H2,1-5H3/t15-,16-,18?,19?/m0/s1. The van der Waals surface area contributed by atoms with Gasteiger partial charge in [0, 0.05) is 0 Å². The summed E-state index contributed by atoms with van der Waals surface area (Å²) in [6.07, 6.45) is 1.61. The fourth-order valence-electron chi connectivity index (χ4n) is 3.49. The highest BCUT2D eigenvalue weighted by Gasteiger charge is 2.35. The molecule has 1 saturated carbocycles. The van der Waals surface area contributed by atoms with Crippen molar-refractivity contribution in [3.8, 4) is 0 Å². The van der Waals surface area contributed by atoms with Gasteiger partial charge in [0.25, 0.3) is 10.1 Å². The summed E-state index contributed by atoms with van der Waals surface area (Å²) >= 11 is 0. The SMILES string of the molecule is Cc1ccc(S(=O)(=O)O[C@@H](C)C(=O)OC2C[C@@H](C)CCC2C(C)C)cc1. The number of rotatable bonds is 6. The molecule has 0 aliphatic heterocycles. The summed E-state index contributed by atoms with van der Waals surface area (Å²) in [4.78, 5) is 12.5. The van der Waals surface area contributed by atoms with Gasteiger partial charge in [0.2, 0.25) is 0 Å². The summed E-state index contributed by atoms with van der Waals surface area (Å²) in [7, 11) is -4.00. The zero-order valence-electron chi connectivity index (χ0n) is 16.3. The number of aryl methyl sites for hydroxylation is 1. The van der Waals surface area contributed by atoms with Crippen LogP contribution in [0.3, 0.4) is 0 Å². The van der Waals surface area contributed by atoms with Gasteiger partial charge in [0.05, 0.1) is 4.90 Å². The Morgan fingerprint density at radius 1 is 1.12 bits per heavy atom. The second-order valence-electron chi connectivity index (χ2n) is 7.81. The maximum atomic E-state index is 12.4. The molecule has 0 amide bonds. The molecule has 1 aliphatic carbocycles. The summed E-state index contributed by atoms with van der Waals surface area (Å²) in [5.74, 6) is 0.588. The predicted molar refractivity (Wildman–Crippen MR) is 100 cm³/mol. The van der Waals surface area contributed by atoms with Crippen LogP contribution in [0.5, 0.6) is 0 Å². The lowest BCUT2D eigenvalue weighted by Gasteiger charge is -2.37. The fraction of sp³-hybridized carbons (Fsp3) is 0.650. The van der Waals surface area contributed by atoms with Gasteiger partial charge in [-0.3, -0.25) is 4.18 Å². The molecule has 1 aromatic carbocycles. The predicted octanol–water partition coefficient (Wildman–Crippen LogP) is 4.09. The van der Waals surface area contributed by atoms with Crippen molar-refractivity contribution in [2.24, 2.45) is 17.8 Å². The van der Waals surface area contributed by atoms with Crippen molar-refractivity contribution >= 4 is 16.1 Å². The number of carbonyl (C=O) groups is 1. The first-order chi connectivity index (χ1) is 12.1. The van der Waals surface area contributed by atoms with Crippen LogP contribution < -0.4 is 0 Å². The Balaban J connectivity index is 2.03. The van der Waals surface area contributed by atoms with Crippen LogP contribution in [-0.4, -0.2) is 26.6 Å². The summed E-state index contributed by atoms with van der Waals surface area (Å²) in [6.45, 7) is 9.70. The largest absolute Gasteiger partial charge is 0.460 e. The third-order valence-corrected chi connectivity index (χ3v) is 6.53. The van der Waals surface area contributed by atoms with Gasteiger partial charge in [0.1, 0.15) is 6.10 Å². The first-order valence-corrected chi connectivity index (χ1v) is 10.7. The summed E-state index contributed by atoms with van der Waals surface area (Å²) in [5.41, 5.74) is 0.947.